The molecule has 0 unspecified atom stereocenters. The third-order valence-corrected chi connectivity index (χ3v) is 3.57. The maximum Gasteiger partial charge on any atom is 0.306 e. The normalized spacial score (nSPS) is 28.9. The molecule has 0 heterocycles. The van der Waals surface area contributed by atoms with Crippen LogP contribution < -0.4 is 0 Å². The lowest BCUT2D eigenvalue weighted by Gasteiger charge is -2.35. The van der Waals surface area contributed by atoms with E-state index in [0.29, 0.717) is 31.2 Å². The molecular weight excluding hydrogens is 220 g/mol. The molecule has 0 atom stereocenters. The molecule has 0 spiro atoms. The predicted octanol–water partition coefficient (Wildman–Crippen LogP) is 1.85. The summed E-state index contributed by atoms with van der Waals surface area (Å²) in [6.07, 6.45) is 1.64. The molecule has 0 aliphatic heterocycles. The fraction of sp³-hybridized carbons (Fsp3) is 0.462. The molecule has 1 aliphatic carbocycles. The van der Waals surface area contributed by atoms with Crippen LogP contribution in [0.3, 0.4) is 0 Å². The summed E-state index contributed by atoms with van der Waals surface area (Å²) < 4.78 is 0. The van der Waals surface area contributed by atoms with E-state index in [1.807, 2.05) is 0 Å². The van der Waals surface area contributed by atoms with E-state index in [1.165, 1.54) is 6.07 Å². The van der Waals surface area contributed by atoms with E-state index in [9.17, 15) is 15.0 Å². The van der Waals surface area contributed by atoms with Crippen molar-refractivity contribution in [2.24, 2.45) is 5.92 Å². The van der Waals surface area contributed by atoms with E-state index in [4.69, 9.17) is 5.11 Å². The number of rotatable bonds is 2. The van der Waals surface area contributed by atoms with Crippen molar-refractivity contribution >= 4 is 5.97 Å². The molecule has 4 nitrogen and oxygen atoms in total. The van der Waals surface area contributed by atoms with Gasteiger partial charge in [-0.25, -0.2) is 0 Å². The summed E-state index contributed by atoms with van der Waals surface area (Å²) in [6.45, 7) is 0. The first-order valence-corrected chi connectivity index (χ1v) is 5.76. The fourth-order valence-electron chi connectivity index (χ4n) is 2.48. The third-order valence-electron chi connectivity index (χ3n) is 3.57. The van der Waals surface area contributed by atoms with Gasteiger partial charge in [0.05, 0.1) is 11.5 Å². The summed E-state index contributed by atoms with van der Waals surface area (Å²) >= 11 is 0. The monoisotopic (exact) mass is 236 g/mol. The number of aliphatic carboxylic acids is 1. The Morgan fingerprint density at radius 1 is 1.24 bits per heavy atom. The van der Waals surface area contributed by atoms with Crippen LogP contribution in [0, 0.1) is 5.92 Å². The molecule has 4 heteroatoms. The van der Waals surface area contributed by atoms with Crippen LogP contribution in [0.25, 0.3) is 0 Å². The van der Waals surface area contributed by atoms with Crippen molar-refractivity contribution in [1.29, 1.82) is 0 Å². The number of benzene rings is 1. The summed E-state index contributed by atoms with van der Waals surface area (Å²) in [5, 5.41) is 29.1. The van der Waals surface area contributed by atoms with Crippen LogP contribution in [0.5, 0.6) is 5.75 Å². The molecule has 1 aromatic carbocycles. The second-order valence-electron chi connectivity index (χ2n) is 4.66. The SMILES string of the molecule is O=C(O)C1CCC(O)(c2ccccc2O)CC1. The molecule has 1 aliphatic rings. The molecule has 0 radical (unpaired) electrons. The number of carbonyl (C=O) groups is 1. The second-order valence-corrected chi connectivity index (χ2v) is 4.66. The quantitative estimate of drug-likeness (QED) is 0.732. The number of para-hydroxylation sites is 1. The van der Waals surface area contributed by atoms with Gasteiger partial charge in [0, 0.05) is 5.56 Å². The van der Waals surface area contributed by atoms with Gasteiger partial charge in [-0.05, 0) is 31.7 Å². The lowest BCUT2D eigenvalue weighted by molar-refractivity contribution is -0.145. The molecule has 3 N–H and O–H groups in total. The summed E-state index contributed by atoms with van der Waals surface area (Å²) in [7, 11) is 0. The Kier molecular flexibility index (Phi) is 3.07. The topological polar surface area (TPSA) is 77.8 Å². The van der Waals surface area contributed by atoms with Gasteiger partial charge < -0.3 is 15.3 Å². The number of aromatic hydroxyl groups is 1. The van der Waals surface area contributed by atoms with E-state index in [2.05, 4.69) is 0 Å². The highest BCUT2D eigenvalue weighted by molar-refractivity contribution is 5.70. The van der Waals surface area contributed by atoms with Crippen molar-refractivity contribution in [2.75, 3.05) is 0 Å². The maximum absolute atomic E-state index is 10.8. The highest BCUT2D eigenvalue weighted by Gasteiger charge is 2.38. The number of phenolic OH excluding ortho intramolecular Hbond substituents is 1. The molecule has 2 rings (SSSR count). The maximum atomic E-state index is 10.8. The Hall–Kier alpha value is -1.55. The fourth-order valence-corrected chi connectivity index (χ4v) is 2.48. The number of carboxylic acids is 1. The van der Waals surface area contributed by atoms with Gasteiger partial charge in [0.1, 0.15) is 5.75 Å². The smallest absolute Gasteiger partial charge is 0.306 e. The molecule has 0 aromatic heterocycles. The van der Waals surface area contributed by atoms with Crippen molar-refractivity contribution < 1.29 is 20.1 Å². The summed E-state index contributed by atoms with van der Waals surface area (Å²) in [5.41, 5.74) is -0.582. The van der Waals surface area contributed by atoms with Gasteiger partial charge in [-0.15, -0.1) is 0 Å². The lowest BCUT2D eigenvalue weighted by Crippen LogP contribution is -2.33. The van der Waals surface area contributed by atoms with Crippen molar-refractivity contribution in [3.05, 3.63) is 29.8 Å². The van der Waals surface area contributed by atoms with E-state index in [1.54, 1.807) is 18.2 Å². The van der Waals surface area contributed by atoms with E-state index >= 15 is 0 Å². The zero-order valence-electron chi connectivity index (χ0n) is 9.47. The first-order chi connectivity index (χ1) is 8.03. The van der Waals surface area contributed by atoms with Gasteiger partial charge in [0.15, 0.2) is 0 Å². The summed E-state index contributed by atoms with van der Waals surface area (Å²) in [4.78, 5) is 10.8. The number of carboxylic acid groups (broad SMARTS) is 1. The lowest BCUT2D eigenvalue weighted by atomic mass is 9.75. The highest BCUT2D eigenvalue weighted by Crippen LogP contribution is 2.42. The van der Waals surface area contributed by atoms with Crippen molar-refractivity contribution in [3.63, 3.8) is 0 Å². The van der Waals surface area contributed by atoms with Gasteiger partial charge in [0.2, 0.25) is 0 Å². The van der Waals surface area contributed by atoms with Crippen molar-refractivity contribution in [3.8, 4) is 5.75 Å². The van der Waals surface area contributed by atoms with Gasteiger partial charge in [0.25, 0.3) is 0 Å². The Balaban J connectivity index is 2.18. The summed E-state index contributed by atoms with van der Waals surface area (Å²) in [6, 6.07) is 6.69. The van der Waals surface area contributed by atoms with Crippen LogP contribution in [-0.2, 0) is 10.4 Å². The Labute approximate surface area is 99.5 Å². The molecule has 17 heavy (non-hydrogen) atoms. The first-order valence-electron chi connectivity index (χ1n) is 5.76. The molecule has 0 bridgehead atoms. The predicted molar refractivity (Wildman–Crippen MR) is 61.6 cm³/mol. The van der Waals surface area contributed by atoms with Crippen molar-refractivity contribution in [2.45, 2.75) is 31.3 Å². The molecule has 0 amide bonds. The Morgan fingerprint density at radius 3 is 2.35 bits per heavy atom. The Morgan fingerprint density at radius 2 is 1.82 bits per heavy atom. The molecule has 0 saturated heterocycles. The minimum atomic E-state index is -1.09. The average molecular weight is 236 g/mol. The van der Waals surface area contributed by atoms with Gasteiger partial charge in [-0.2, -0.15) is 0 Å². The highest BCUT2D eigenvalue weighted by atomic mass is 16.4. The van der Waals surface area contributed by atoms with Crippen LogP contribution in [0.2, 0.25) is 0 Å². The second kappa shape index (κ2) is 4.37. The standard InChI is InChI=1S/C13H16O4/c14-11-4-2-1-3-10(11)13(17)7-5-9(6-8-13)12(15)16/h1-4,9,14,17H,5-8H2,(H,15,16). The largest absolute Gasteiger partial charge is 0.508 e. The van der Waals surface area contributed by atoms with E-state index < -0.39 is 11.6 Å². The average Bonchev–Trinajstić information content (AvgIpc) is 2.30. The van der Waals surface area contributed by atoms with Crippen LogP contribution >= 0.6 is 0 Å². The van der Waals surface area contributed by atoms with Gasteiger partial charge in [-0.1, -0.05) is 18.2 Å². The van der Waals surface area contributed by atoms with Crippen molar-refractivity contribution in [1.82, 2.24) is 0 Å². The van der Waals surface area contributed by atoms with Gasteiger partial charge >= 0.3 is 5.97 Å². The minimum absolute atomic E-state index is 0.0729. The van der Waals surface area contributed by atoms with Crippen LogP contribution in [0.15, 0.2) is 24.3 Å². The number of phenols is 1. The minimum Gasteiger partial charge on any atom is -0.508 e. The number of aliphatic hydroxyl groups is 1. The van der Waals surface area contributed by atoms with Crippen LogP contribution in [-0.4, -0.2) is 21.3 Å². The first kappa shape index (κ1) is 11.9. The van der Waals surface area contributed by atoms with Crippen LogP contribution in [0.1, 0.15) is 31.2 Å². The zero-order chi connectivity index (χ0) is 12.5. The molecule has 1 saturated carbocycles. The number of hydrogen-bond acceptors (Lipinski definition) is 3. The molecule has 92 valence electrons. The zero-order valence-corrected chi connectivity index (χ0v) is 9.47. The van der Waals surface area contributed by atoms with E-state index in [0.717, 1.165) is 0 Å². The Bertz CT molecular complexity index is 419. The molecular formula is C13H16O4. The molecule has 1 aromatic rings. The van der Waals surface area contributed by atoms with Crippen LogP contribution in [0.4, 0.5) is 0 Å². The molecule has 1 fully saturated rings. The van der Waals surface area contributed by atoms with Gasteiger partial charge in [-0.3, -0.25) is 4.79 Å². The number of hydrogen-bond donors (Lipinski definition) is 3. The van der Waals surface area contributed by atoms with E-state index in [-0.39, 0.29) is 11.7 Å². The third kappa shape index (κ3) is 2.26. The summed E-state index contributed by atoms with van der Waals surface area (Å²) in [5.74, 6) is -1.10.